The highest BCUT2D eigenvalue weighted by atomic mass is 16.5. The summed E-state index contributed by atoms with van der Waals surface area (Å²) in [4.78, 5) is 14.2. The molecule has 1 amide bonds. The molecule has 1 aliphatic rings. The van der Waals surface area contributed by atoms with Crippen molar-refractivity contribution < 1.29 is 18.7 Å². The van der Waals surface area contributed by atoms with E-state index in [0.717, 1.165) is 11.4 Å². The maximum atomic E-state index is 12.5. The third-order valence-corrected chi connectivity index (χ3v) is 3.13. The Labute approximate surface area is 116 Å². The zero-order chi connectivity index (χ0) is 13.9. The lowest BCUT2D eigenvalue weighted by molar-refractivity contribution is 0.0941. The number of ether oxygens (including phenoxy) is 2. The van der Waals surface area contributed by atoms with Gasteiger partial charge in [-0.2, -0.15) is 0 Å². The molecule has 3 rings (SSSR count). The van der Waals surface area contributed by atoms with Crippen LogP contribution in [0, 0.1) is 0 Å². The molecule has 104 valence electrons. The van der Waals surface area contributed by atoms with Crippen molar-refractivity contribution in [1.29, 1.82) is 0 Å². The predicted molar refractivity (Wildman–Crippen MR) is 73.0 cm³/mol. The van der Waals surface area contributed by atoms with Crippen molar-refractivity contribution in [3.05, 3.63) is 47.9 Å². The van der Waals surface area contributed by atoms with Crippen molar-refractivity contribution in [3.8, 4) is 5.75 Å². The molecule has 1 aromatic carbocycles. The Kier molecular flexibility index (Phi) is 3.43. The SMILES string of the molecule is COCc1ccc(C(=O)N2CCOc3ccccc32)o1. The number of nitrogens with zero attached hydrogens (tertiary/aromatic N) is 1. The van der Waals surface area contributed by atoms with Gasteiger partial charge in [-0.15, -0.1) is 0 Å². The average molecular weight is 273 g/mol. The fourth-order valence-electron chi connectivity index (χ4n) is 2.23. The first-order valence-electron chi connectivity index (χ1n) is 6.41. The van der Waals surface area contributed by atoms with Crippen LogP contribution in [-0.4, -0.2) is 26.2 Å². The summed E-state index contributed by atoms with van der Waals surface area (Å²) in [6.45, 7) is 1.34. The van der Waals surface area contributed by atoms with Crippen LogP contribution < -0.4 is 9.64 Å². The topological polar surface area (TPSA) is 51.9 Å². The summed E-state index contributed by atoms with van der Waals surface area (Å²) in [5.41, 5.74) is 0.772. The van der Waals surface area contributed by atoms with Crippen molar-refractivity contribution in [1.82, 2.24) is 0 Å². The van der Waals surface area contributed by atoms with Gasteiger partial charge in [-0.1, -0.05) is 12.1 Å². The number of hydrogen-bond acceptors (Lipinski definition) is 4. The molecule has 0 spiro atoms. The molecule has 0 radical (unpaired) electrons. The maximum Gasteiger partial charge on any atom is 0.294 e. The highest BCUT2D eigenvalue weighted by molar-refractivity contribution is 6.05. The molecule has 2 heterocycles. The van der Waals surface area contributed by atoms with Gasteiger partial charge in [0.2, 0.25) is 0 Å². The van der Waals surface area contributed by atoms with Gasteiger partial charge in [0.05, 0.1) is 12.2 Å². The molecule has 5 nitrogen and oxygen atoms in total. The fourth-order valence-corrected chi connectivity index (χ4v) is 2.23. The number of amides is 1. The molecule has 0 N–H and O–H groups in total. The van der Waals surface area contributed by atoms with Crippen molar-refractivity contribution in [2.45, 2.75) is 6.61 Å². The molecule has 0 bridgehead atoms. The molecule has 0 aliphatic carbocycles. The molecule has 5 heteroatoms. The minimum Gasteiger partial charge on any atom is -0.490 e. The van der Waals surface area contributed by atoms with Crippen LogP contribution in [0.2, 0.25) is 0 Å². The average Bonchev–Trinajstić information content (AvgIpc) is 2.95. The number of carbonyl (C=O) groups is 1. The van der Waals surface area contributed by atoms with Gasteiger partial charge in [0.25, 0.3) is 5.91 Å². The minimum atomic E-state index is -0.164. The number of rotatable bonds is 3. The van der Waals surface area contributed by atoms with E-state index in [-0.39, 0.29) is 5.91 Å². The van der Waals surface area contributed by atoms with Crippen LogP contribution in [0.3, 0.4) is 0 Å². The lowest BCUT2D eigenvalue weighted by Crippen LogP contribution is -2.37. The summed E-state index contributed by atoms with van der Waals surface area (Å²) in [6, 6.07) is 10.9. The molecule has 0 saturated heterocycles. The molecular formula is C15H15NO4. The largest absolute Gasteiger partial charge is 0.490 e. The summed E-state index contributed by atoms with van der Waals surface area (Å²) in [5, 5.41) is 0. The van der Waals surface area contributed by atoms with Crippen LogP contribution in [0.5, 0.6) is 5.75 Å². The molecular weight excluding hydrogens is 258 g/mol. The van der Waals surface area contributed by atoms with Gasteiger partial charge in [0.15, 0.2) is 5.76 Å². The van der Waals surface area contributed by atoms with Gasteiger partial charge in [-0.3, -0.25) is 9.69 Å². The maximum absolute atomic E-state index is 12.5. The van der Waals surface area contributed by atoms with E-state index in [4.69, 9.17) is 13.9 Å². The van der Waals surface area contributed by atoms with E-state index in [2.05, 4.69) is 0 Å². The normalized spacial score (nSPS) is 13.8. The number of anilines is 1. The highest BCUT2D eigenvalue weighted by Gasteiger charge is 2.26. The third kappa shape index (κ3) is 2.28. The van der Waals surface area contributed by atoms with Crippen LogP contribution >= 0.6 is 0 Å². The van der Waals surface area contributed by atoms with Gasteiger partial charge < -0.3 is 13.9 Å². The lowest BCUT2D eigenvalue weighted by Gasteiger charge is -2.28. The van der Waals surface area contributed by atoms with Crippen molar-refractivity contribution >= 4 is 11.6 Å². The number of hydrogen-bond donors (Lipinski definition) is 0. The molecule has 0 fully saturated rings. The minimum absolute atomic E-state index is 0.164. The van der Waals surface area contributed by atoms with Gasteiger partial charge in [0.1, 0.15) is 24.7 Å². The quantitative estimate of drug-likeness (QED) is 0.862. The second kappa shape index (κ2) is 5.38. The Hall–Kier alpha value is -2.27. The Morgan fingerprint density at radius 3 is 3.00 bits per heavy atom. The van der Waals surface area contributed by atoms with E-state index in [1.165, 1.54) is 0 Å². The molecule has 0 atom stereocenters. The smallest absolute Gasteiger partial charge is 0.294 e. The molecule has 0 unspecified atom stereocenters. The monoisotopic (exact) mass is 273 g/mol. The summed E-state index contributed by atoms with van der Waals surface area (Å²) in [5.74, 6) is 1.50. The van der Waals surface area contributed by atoms with E-state index < -0.39 is 0 Å². The zero-order valence-electron chi connectivity index (χ0n) is 11.2. The van der Waals surface area contributed by atoms with Crippen LogP contribution in [0.15, 0.2) is 40.8 Å². The molecule has 1 aromatic heterocycles. The van der Waals surface area contributed by atoms with E-state index in [1.54, 1.807) is 24.1 Å². The highest BCUT2D eigenvalue weighted by Crippen LogP contribution is 2.32. The fraction of sp³-hybridized carbons (Fsp3) is 0.267. The summed E-state index contributed by atoms with van der Waals surface area (Å²) in [7, 11) is 1.59. The van der Waals surface area contributed by atoms with Gasteiger partial charge in [-0.05, 0) is 24.3 Å². The van der Waals surface area contributed by atoms with Crippen molar-refractivity contribution in [2.24, 2.45) is 0 Å². The second-order valence-electron chi connectivity index (χ2n) is 4.47. The number of methoxy groups -OCH3 is 1. The lowest BCUT2D eigenvalue weighted by atomic mass is 10.2. The first-order chi connectivity index (χ1) is 9.79. The Morgan fingerprint density at radius 1 is 1.30 bits per heavy atom. The Morgan fingerprint density at radius 2 is 2.15 bits per heavy atom. The van der Waals surface area contributed by atoms with Crippen molar-refractivity contribution in [3.63, 3.8) is 0 Å². The van der Waals surface area contributed by atoms with E-state index in [1.807, 2.05) is 24.3 Å². The third-order valence-electron chi connectivity index (χ3n) is 3.13. The zero-order valence-corrected chi connectivity index (χ0v) is 11.2. The number of carbonyl (C=O) groups excluding carboxylic acids is 1. The van der Waals surface area contributed by atoms with Crippen molar-refractivity contribution in [2.75, 3.05) is 25.2 Å². The van der Waals surface area contributed by atoms with E-state index in [9.17, 15) is 4.79 Å². The first-order valence-corrected chi connectivity index (χ1v) is 6.41. The number of fused-ring (bicyclic) bond motifs is 1. The second-order valence-corrected chi connectivity index (χ2v) is 4.47. The Bertz CT molecular complexity index is 620. The van der Waals surface area contributed by atoms with E-state index >= 15 is 0 Å². The van der Waals surface area contributed by atoms with Crippen LogP contribution in [0.4, 0.5) is 5.69 Å². The molecule has 0 saturated carbocycles. The molecule has 20 heavy (non-hydrogen) atoms. The molecule has 1 aliphatic heterocycles. The van der Waals surface area contributed by atoms with Gasteiger partial charge >= 0.3 is 0 Å². The number of furan rings is 1. The van der Waals surface area contributed by atoms with Crippen LogP contribution in [0.1, 0.15) is 16.3 Å². The van der Waals surface area contributed by atoms with Crippen LogP contribution in [-0.2, 0) is 11.3 Å². The first kappa shape index (κ1) is 12.7. The van der Waals surface area contributed by atoms with Crippen LogP contribution in [0.25, 0.3) is 0 Å². The number of para-hydroxylation sites is 2. The van der Waals surface area contributed by atoms with E-state index in [0.29, 0.717) is 31.3 Å². The summed E-state index contributed by atoms with van der Waals surface area (Å²) in [6.07, 6.45) is 0. The number of benzene rings is 1. The standard InChI is InChI=1S/C15H15NO4/c1-18-10-11-6-7-14(20-11)15(17)16-8-9-19-13-5-3-2-4-12(13)16/h2-7H,8-10H2,1H3. The molecule has 2 aromatic rings. The Balaban J connectivity index is 1.87. The summed E-state index contributed by atoms with van der Waals surface area (Å²) < 4.78 is 16.0. The summed E-state index contributed by atoms with van der Waals surface area (Å²) >= 11 is 0. The van der Waals surface area contributed by atoms with Gasteiger partial charge in [0, 0.05) is 7.11 Å². The van der Waals surface area contributed by atoms with Gasteiger partial charge in [-0.25, -0.2) is 0 Å². The predicted octanol–water partition coefficient (Wildman–Crippen LogP) is 2.47.